The fourth-order valence-electron chi connectivity index (χ4n) is 0.998. The third kappa shape index (κ3) is 15.7. The zero-order chi connectivity index (χ0) is 19.7. The summed E-state index contributed by atoms with van der Waals surface area (Å²) in [5.41, 5.74) is 0. The molecule has 0 aromatic rings. The number of terminal acetylenes is 1. The zero-order valence-electron chi connectivity index (χ0n) is 13.1. The first-order chi connectivity index (χ1) is 12.4. The molecule has 0 fully saturated rings. The van der Waals surface area contributed by atoms with Gasteiger partial charge in [-0.15, -0.1) is 6.42 Å². The van der Waals surface area contributed by atoms with Crippen molar-refractivity contribution in [2.24, 2.45) is 0 Å². The van der Waals surface area contributed by atoms with Gasteiger partial charge in [0.1, 0.15) is 12.9 Å². The van der Waals surface area contributed by atoms with E-state index in [1.807, 2.05) is 5.92 Å². The second-order valence-electron chi connectivity index (χ2n) is 3.71. The summed E-state index contributed by atoms with van der Waals surface area (Å²) in [6.07, 6.45) is 3.69. The molecule has 0 unspecified atom stereocenters. The molecule has 3 N–H and O–H groups in total. The lowest BCUT2D eigenvalue weighted by Gasteiger charge is -2.16. The molecule has 9 heteroatoms. The number of aliphatic hydroxyl groups is 1. The Kier molecular flexibility index (Phi) is 12.5. The van der Waals surface area contributed by atoms with Crippen molar-refractivity contribution in [2.45, 2.75) is 6.10 Å². The highest BCUT2D eigenvalue weighted by atomic mass is 31.2. The number of esters is 1. The Hall–Kier alpha value is -3.14. The number of hydrogen-bond donors (Lipinski definition) is 3. The van der Waals surface area contributed by atoms with Crippen LogP contribution >= 0.6 is 7.82 Å². The van der Waals surface area contributed by atoms with Gasteiger partial charge in [-0.2, -0.15) is 0 Å². The van der Waals surface area contributed by atoms with Crippen LogP contribution in [0.3, 0.4) is 0 Å². The molecule has 0 bridgehead atoms. The fourth-order valence-corrected chi connectivity index (χ4v) is 1.36. The predicted octanol–water partition coefficient (Wildman–Crippen LogP) is -1.38. The molecule has 26 heavy (non-hydrogen) atoms. The molecule has 0 spiro atoms. The largest absolute Gasteiger partial charge is 0.469 e. The van der Waals surface area contributed by atoms with Crippen LogP contribution in [0.2, 0.25) is 0 Å². The second-order valence-corrected chi connectivity index (χ2v) is 4.95. The number of hydrogen-bond acceptors (Lipinski definition) is 6. The van der Waals surface area contributed by atoms with E-state index in [4.69, 9.17) is 26.1 Å². The number of carbonyl (C=O) groups is 1. The standard InChI is InChI=1S/C17H11O8P/c1-2-3-4-5-6-7-8-9-10-11-12-17(19)25-16(13-23-15-18)14-24-26(20,21)22/h1,16,18H,13-15H2,(H2,20,21,22)/t16-/m0/s1. The van der Waals surface area contributed by atoms with Gasteiger partial charge < -0.3 is 24.4 Å². The fraction of sp³-hybridized carbons (Fsp3) is 0.235. The highest BCUT2D eigenvalue weighted by molar-refractivity contribution is 7.46. The molecular formula is C17H11O8P. The Morgan fingerprint density at radius 1 is 0.962 bits per heavy atom. The van der Waals surface area contributed by atoms with Crippen LogP contribution < -0.4 is 0 Å². The molecule has 0 amide bonds. The summed E-state index contributed by atoms with van der Waals surface area (Å²) in [5.74, 6) is 23.7. The quantitative estimate of drug-likeness (QED) is 0.164. The van der Waals surface area contributed by atoms with E-state index >= 15 is 0 Å². The number of carbonyl (C=O) groups excluding carboxylic acids is 1. The minimum Gasteiger partial charge on any atom is -0.448 e. The molecule has 0 heterocycles. The van der Waals surface area contributed by atoms with Gasteiger partial charge in [0.25, 0.3) is 0 Å². The Bertz CT molecular complexity index is 882. The maximum atomic E-state index is 11.5. The van der Waals surface area contributed by atoms with Crippen molar-refractivity contribution in [1.29, 1.82) is 0 Å². The maximum absolute atomic E-state index is 11.5. The van der Waals surface area contributed by atoms with Gasteiger partial charge in [0.15, 0.2) is 0 Å². The first-order valence-corrected chi connectivity index (χ1v) is 7.98. The van der Waals surface area contributed by atoms with E-state index in [0.29, 0.717) is 0 Å². The minimum atomic E-state index is -4.75. The van der Waals surface area contributed by atoms with Crippen molar-refractivity contribution < 1.29 is 38.3 Å². The molecule has 0 aliphatic rings. The van der Waals surface area contributed by atoms with Crippen LogP contribution in [0.1, 0.15) is 0 Å². The van der Waals surface area contributed by atoms with E-state index in [9.17, 15) is 9.36 Å². The smallest absolute Gasteiger partial charge is 0.448 e. The third-order valence-electron chi connectivity index (χ3n) is 1.83. The molecular weight excluding hydrogens is 363 g/mol. The summed E-state index contributed by atoms with van der Waals surface area (Å²) in [7, 11) is -4.75. The average molecular weight is 374 g/mol. The van der Waals surface area contributed by atoms with Crippen LogP contribution in [0.15, 0.2) is 0 Å². The normalized spacial score (nSPS) is 9.46. The SMILES string of the molecule is C#CC#CC#CC#CC#CC#CC(=O)O[C@@H](COCO)COP(=O)(O)O. The molecule has 0 aliphatic heterocycles. The van der Waals surface area contributed by atoms with Gasteiger partial charge in [-0.05, 0) is 59.2 Å². The van der Waals surface area contributed by atoms with Gasteiger partial charge in [-0.1, -0.05) is 0 Å². The van der Waals surface area contributed by atoms with Gasteiger partial charge in [0.2, 0.25) is 0 Å². The van der Waals surface area contributed by atoms with Gasteiger partial charge in [0.05, 0.1) is 13.2 Å². The van der Waals surface area contributed by atoms with E-state index < -0.39 is 33.3 Å². The first kappa shape index (κ1) is 22.9. The van der Waals surface area contributed by atoms with Crippen molar-refractivity contribution in [2.75, 3.05) is 20.0 Å². The number of rotatable bonds is 7. The summed E-state index contributed by atoms with van der Waals surface area (Å²) < 4.78 is 24.2. The Labute approximate surface area is 150 Å². The van der Waals surface area contributed by atoms with Gasteiger partial charge in [0, 0.05) is 5.92 Å². The van der Waals surface area contributed by atoms with Crippen LogP contribution in [0.4, 0.5) is 0 Å². The third-order valence-corrected chi connectivity index (χ3v) is 2.32. The molecule has 0 saturated carbocycles. The molecule has 0 aromatic carbocycles. The van der Waals surface area contributed by atoms with E-state index in [2.05, 4.69) is 68.5 Å². The lowest BCUT2D eigenvalue weighted by atomic mass is 10.4. The molecule has 0 aromatic heterocycles. The minimum absolute atomic E-state index is 0.359. The van der Waals surface area contributed by atoms with Crippen LogP contribution in [-0.2, 0) is 23.4 Å². The molecule has 132 valence electrons. The number of phosphoric acid groups is 1. The summed E-state index contributed by atoms with van der Waals surface area (Å²) >= 11 is 0. The van der Waals surface area contributed by atoms with Crippen molar-refractivity contribution in [3.8, 4) is 71.5 Å². The topological polar surface area (TPSA) is 123 Å². The van der Waals surface area contributed by atoms with Crippen LogP contribution in [-0.4, -0.2) is 47.0 Å². The maximum Gasteiger partial charge on any atom is 0.469 e. The van der Waals surface area contributed by atoms with Crippen LogP contribution in [0, 0.1) is 71.5 Å². The lowest BCUT2D eigenvalue weighted by Crippen LogP contribution is -2.28. The average Bonchev–Trinajstić information content (AvgIpc) is 2.58. The molecule has 0 saturated heterocycles. The van der Waals surface area contributed by atoms with Crippen molar-refractivity contribution in [1.82, 2.24) is 0 Å². The Balaban J connectivity index is 4.61. The van der Waals surface area contributed by atoms with Crippen LogP contribution in [0.25, 0.3) is 0 Å². The monoisotopic (exact) mass is 374 g/mol. The Morgan fingerprint density at radius 2 is 1.50 bits per heavy atom. The summed E-state index contributed by atoms with van der Waals surface area (Å²) in [4.78, 5) is 28.7. The highest BCUT2D eigenvalue weighted by Crippen LogP contribution is 2.35. The zero-order valence-corrected chi connectivity index (χ0v) is 14.0. The van der Waals surface area contributed by atoms with Crippen LogP contribution in [0.5, 0.6) is 0 Å². The van der Waals surface area contributed by atoms with Crippen molar-refractivity contribution in [3.63, 3.8) is 0 Å². The first-order valence-electron chi connectivity index (χ1n) is 6.45. The predicted molar refractivity (Wildman–Crippen MR) is 88.6 cm³/mol. The van der Waals surface area contributed by atoms with E-state index in [1.54, 1.807) is 0 Å². The van der Waals surface area contributed by atoms with Crippen molar-refractivity contribution in [3.05, 3.63) is 0 Å². The highest BCUT2D eigenvalue weighted by Gasteiger charge is 2.21. The summed E-state index contributed by atoms with van der Waals surface area (Å²) in [6.45, 7) is -1.70. The summed E-state index contributed by atoms with van der Waals surface area (Å²) in [5, 5.41) is 8.54. The number of aliphatic hydroxyl groups excluding tert-OH is 1. The van der Waals surface area contributed by atoms with Gasteiger partial charge in [-0.25, -0.2) is 9.36 Å². The molecule has 0 radical (unpaired) electrons. The van der Waals surface area contributed by atoms with E-state index in [1.165, 1.54) is 0 Å². The van der Waals surface area contributed by atoms with E-state index in [0.717, 1.165) is 0 Å². The molecule has 1 atom stereocenters. The van der Waals surface area contributed by atoms with Gasteiger partial charge in [-0.3, -0.25) is 4.52 Å². The van der Waals surface area contributed by atoms with E-state index in [-0.39, 0.29) is 6.61 Å². The number of phosphoric ester groups is 1. The molecule has 8 nitrogen and oxygen atoms in total. The second kappa shape index (κ2) is 14.2. The summed E-state index contributed by atoms with van der Waals surface area (Å²) in [6, 6.07) is 0. The Morgan fingerprint density at radius 3 is 2.00 bits per heavy atom. The molecule has 0 rings (SSSR count). The molecule has 0 aliphatic carbocycles. The van der Waals surface area contributed by atoms with Crippen molar-refractivity contribution >= 4 is 13.8 Å². The number of ether oxygens (including phenoxy) is 2. The van der Waals surface area contributed by atoms with Gasteiger partial charge >= 0.3 is 13.8 Å². The lowest BCUT2D eigenvalue weighted by molar-refractivity contribution is -0.149.